The van der Waals surface area contributed by atoms with Crippen molar-refractivity contribution in [1.82, 2.24) is 5.32 Å². The fourth-order valence-electron chi connectivity index (χ4n) is 3.19. The molecule has 3 unspecified atom stereocenters. The van der Waals surface area contributed by atoms with Crippen molar-refractivity contribution in [2.75, 3.05) is 32.2 Å². The van der Waals surface area contributed by atoms with E-state index >= 15 is 0 Å². The molecule has 1 saturated carbocycles. The van der Waals surface area contributed by atoms with Gasteiger partial charge in [-0.25, -0.2) is 0 Å². The van der Waals surface area contributed by atoms with Crippen LogP contribution in [0.2, 0.25) is 0 Å². The summed E-state index contributed by atoms with van der Waals surface area (Å²) in [5.41, 5.74) is 1.73. The summed E-state index contributed by atoms with van der Waals surface area (Å²) in [5, 5.41) is 3.14. The van der Waals surface area contributed by atoms with Crippen LogP contribution in [-0.4, -0.2) is 51.5 Å². The quantitative estimate of drug-likeness (QED) is 0.925. The van der Waals surface area contributed by atoms with E-state index in [0.29, 0.717) is 18.8 Å². The van der Waals surface area contributed by atoms with Crippen LogP contribution in [0.5, 0.6) is 0 Å². The van der Waals surface area contributed by atoms with Crippen molar-refractivity contribution >= 4 is 11.6 Å². The maximum absolute atomic E-state index is 12.4. The maximum atomic E-state index is 12.4. The molecular weight excluding hydrogens is 280 g/mol. The number of hydrogen-bond acceptors (Lipinski definition) is 4. The molecule has 0 bridgehead atoms. The molecule has 1 aliphatic heterocycles. The zero-order valence-corrected chi connectivity index (χ0v) is 13.2. The molecule has 0 radical (unpaired) electrons. The minimum Gasteiger partial charge on any atom is -0.378 e. The molecule has 3 rings (SSSR count). The molecule has 0 spiro atoms. The summed E-state index contributed by atoms with van der Waals surface area (Å²) in [6.45, 7) is 1.35. The van der Waals surface area contributed by atoms with Gasteiger partial charge < -0.3 is 19.7 Å². The molecule has 1 heterocycles. The molecule has 1 saturated heterocycles. The highest BCUT2D eigenvalue weighted by Gasteiger charge is 2.34. The van der Waals surface area contributed by atoms with Crippen molar-refractivity contribution in [3.05, 3.63) is 29.8 Å². The van der Waals surface area contributed by atoms with Crippen LogP contribution in [0.4, 0.5) is 5.69 Å². The number of carbonyl (C=O) groups excluding carboxylic acids is 1. The summed E-state index contributed by atoms with van der Waals surface area (Å²) < 4.78 is 11.5. The molecule has 1 amide bonds. The van der Waals surface area contributed by atoms with Gasteiger partial charge in [-0.15, -0.1) is 0 Å². The molecule has 2 fully saturated rings. The van der Waals surface area contributed by atoms with Crippen molar-refractivity contribution in [1.29, 1.82) is 0 Å². The van der Waals surface area contributed by atoms with E-state index in [2.05, 4.69) is 5.32 Å². The van der Waals surface area contributed by atoms with Gasteiger partial charge in [0.25, 0.3) is 5.91 Å². The third-order valence-electron chi connectivity index (χ3n) is 4.44. The number of hydrogen-bond donors (Lipinski definition) is 1. The highest BCUT2D eigenvalue weighted by Crippen LogP contribution is 2.27. The summed E-state index contributed by atoms with van der Waals surface area (Å²) in [4.78, 5) is 14.4. The van der Waals surface area contributed by atoms with E-state index in [1.165, 1.54) is 0 Å². The van der Waals surface area contributed by atoms with E-state index in [0.717, 1.165) is 24.9 Å². The first-order chi connectivity index (χ1) is 10.6. The number of ether oxygens (including phenoxy) is 2. The Labute approximate surface area is 131 Å². The SMILES string of the molecule is CN(C)c1cccc(C(=O)NC2CCC3OCCOC3C2)c1. The van der Waals surface area contributed by atoms with Crippen LogP contribution in [0, 0.1) is 0 Å². The molecule has 22 heavy (non-hydrogen) atoms. The number of carbonyl (C=O) groups is 1. The van der Waals surface area contributed by atoms with Crippen molar-refractivity contribution < 1.29 is 14.3 Å². The second kappa shape index (κ2) is 6.67. The summed E-state index contributed by atoms with van der Waals surface area (Å²) in [7, 11) is 3.94. The number of anilines is 1. The normalized spacial score (nSPS) is 27.8. The number of benzene rings is 1. The van der Waals surface area contributed by atoms with Crippen LogP contribution in [-0.2, 0) is 9.47 Å². The summed E-state index contributed by atoms with van der Waals surface area (Å²) in [6.07, 6.45) is 3.07. The molecule has 5 nitrogen and oxygen atoms in total. The molecule has 5 heteroatoms. The van der Waals surface area contributed by atoms with Gasteiger partial charge in [0.15, 0.2) is 0 Å². The third kappa shape index (κ3) is 3.42. The average Bonchev–Trinajstić information content (AvgIpc) is 2.55. The van der Waals surface area contributed by atoms with Gasteiger partial charge in [0, 0.05) is 31.4 Å². The van der Waals surface area contributed by atoms with Gasteiger partial charge in [-0.2, -0.15) is 0 Å². The Hall–Kier alpha value is -1.59. The zero-order chi connectivity index (χ0) is 15.5. The number of nitrogens with one attached hydrogen (secondary N) is 1. The van der Waals surface area contributed by atoms with Crippen LogP contribution in [0.1, 0.15) is 29.6 Å². The second-order valence-corrected chi connectivity index (χ2v) is 6.25. The first-order valence-electron chi connectivity index (χ1n) is 7.95. The van der Waals surface area contributed by atoms with Crippen molar-refractivity contribution in [3.8, 4) is 0 Å². The molecule has 2 aliphatic rings. The van der Waals surface area contributed by atoms with Crippen molar-refractivity contribution in [2.45, 2.75) is 37.5 Å². The predicted molar refractivity (Wildman–Crippen MR) is 85.4 cm³/mol. The first kappa shape index (κ1) is 15.3. The molecule has 1 aromatic carbocycles. The maximum Gasteiger partial charge on any atom is 0.251 e. The van der Waals surface area contributed by atoms with E-state index in [1.54, 1.807) is 0 Å². The predicted octanol–water partition coefficient (Wildman–Crippen LogP) is 1.82. The Bertz CT molecular complexity index is 532. The lowest BCUT2D eigenvalue weighted by molar-refractivity contribution is -0.157. The fourth-order valence-corrected chi connectivity index (χ4v) is 3.19. The van der Waals surface area contributed by atoms with Crippen LogP contribution in [0.15, 0.2) is 24.3 Å². The van der Waals surface area contributed by atoms with E-state index in [-0.39, 0.29) is 24.2 Å². The average molecular weight is 304 g/mol. The fraction of sp³-hybridized carbons (Fsp3) is 0.588. The van der Waals surface area contributed by atoms with Gasteiger partial charge in [0.1, 0.15) is 0 Å². The minimum atomic E-state index is -0.0103. The lowest BCUT2D eigenvalue weighted by Gasteiger charge is -2.39. The summed E-state index contributed by atoms with van der Waals surface area (Å²) in [6, 6.07) is 7.85. The van der Waals surface area contributed by atoms with Crippen LogP contribution < -0.4 is 10.2 Å². The van der Waals surface area contributed by atoms with Crippen molar-refractivity contribution in [3.63, 3.8) is 0 Å². The summed E-state index contributed by atoms with van der Waals surface area (Å²) in [5.74, 6) is -0.0103. The monoisotopic (exact) mass is 304 g/mol. The number of fused-ring (bicyclic) bond motifs is 1. The molecular formula is C17H24N2O3. The summed E-state index contributed by atoms with van der Waals surface area (Å²) >= 11 is 0. The van der Waals surface area contributed by atoms with E-state index in [4.69, 9.17) is 9.47 Å². The second-order valence-electron chi connectivity index (χ2n) is 6.25. The van der Waals surface area contributed by atoms with Gasteiger partial charge in [0.2, 0.25) is 0 Å². The first-order valence-corrected chi connectivity index (χ1v) is 7.95. The standard InChI is InChI=1S/C17H24N2O3/c1-19(2)14-5-3-4-12(10-14)17(20)18-13-6-7-15-16(11-13)22-9-8-21-15/h3-5,10,13,15-16H,6-9,11H2,1-2H3,(H,18,20). The molecule has 0 aromatic heterocycles. The van der Waals surface area contributed by atoms with Gasteiger partial charge in [0.05, 0.1) is 25.4 Å². The third-order valence-corrected chi connectivity index (χ3v) is 4.44. The molecule has 1 N–H and O–H groups in total. The Morgan fingerprint density at radius 1 is 1.18 bits per heavy atom. The van der Waals surface area contributed by atoms with Gasteiger partial charge in [-0.3, -0.25) is 4.79 Å². The van der Waals surface area contributed by atoms with Crippen molar-refractivity contribution in [2.24, 2.45) is 0 Å². The van der Waals surface area contributed by atoms with E-state index in [1.807, 2.05) is 43.3 Å². The van der Waals surface area contributed by atoms with Gasteiger partial charge in [-0.1, -0.05) is 6.07 Å². The lowest BCUT2D eigenvalue weighted by atomic mass is 9.89. The van der Waals surface area contributed by atoms with Crippen LogP contribution >= 0.6 is 0 Å². The number of rotatable bonds is 3. The number of nitrogens with zero attached hydrogens (tertiary/aromatic N) is 1. The lowest BCUT2D eigenvalue weighted by Crippen LogP contribution is -2.49. The Morgan fingerprint density at radius 2 is 1.95 bits per heavy atom. The molecule has 3 atom stereocenters. The van der Waals surface area contributed by atoms with Crippen LogP contribution in [0.25, 0.3) is 0 Å². The molecule has 1 aliphatic carbocycles. The van der Waals surface area contributed by atoms with Gasteiger partial charge in [-0.05, 0) is 37.5 Å². The topological polar surface area (TPSA) is 50.8 Å². The smallest absolute Gasteiger partial charge is 0.251 e. The zero-order valence-electron chi connectivity index (χ0n) is 13.2. The Morgan fingerprint density at radius 3 is 2.73 bits per heavy atom. The Balaban J connectivity index is 1.61. The Kier molecular flexibility index (Phi) is 4.64. The van der Waals surface area contributed by atoms with Gasteiger partial charge >= 0.3 is 0 Å². The largest absolute Gasteiger partial charge is 0.378 e. The highest BCUT2D eigenvalue weighted by atomic mass is 16.6. The van der Waals surface area contributed by atoms with E-state index in [9.17, 15) is 4.79 Å². The van der Waals surface area contributed by atoms with Crippen LogP contribution in [0.3, 0.4) is 0 Å². The van der Waals surface area contributed by atoms with E-state index < -0.39 is 0 Å². The minimum absolute atomic E-state index is 0.0103. The molecule has 120 valence electrons. The number of amides is 1. The molecule has 1 aromatic rings. The highest BCUT2D eigenvalue weighted by molar-refractivity contribution is 5.95.